The van der Waals surface area contributed by atoms with Crippen molar-refractivity contribution >= 4 is 42.4 Å². The topological polar surface area (TPSA) is 53.0 Å². The lowest BCUT2D eigenvalue weighted by Gasteiger charge is -2.39. The smallest absolute Gasteiger partial charge is 0.329 e. The van der Waals surface area contributed by atoms with E-state index in [9.17, 15) is 4.79 Å². The van der Waals surface area contributed by atoms with Crippen molar-refractivity contribution in [2.24, 2.45) is 0 Å². The molecule has 1 heterocycles. The summed E-state index contributed by atoms with van der Waals surface area (Å²) in [6, 6.07) is 17.6. The van der Waals surface area contributed by atoms with Crippen LogP contribution in [-0.4, -0.2) is 66.7 Å². The predicted octanol–water partition coefficient (Wildman–Crippen LogP) is 3.99. The maximum absolute atomic E-state index is 10.7. The summed E-state index contributed by atoms with van der Waals surface area (Å²) in [6.45, 7) is -4.62. The molecule has 0 aromatic heterocycles. The number of rotatable bonds is 8. The molecule has 1 fully saturated rings. The zero-order valence-corrected chi connectivity index (χ0v) is 18.1. The first-order valence-corrected chi connectivity index (χ1v) is 9.15. The van der Waals surface area contributed by atoms with Gasteiger partial charge in [-0.2, -0.15) is 0 Å². The molecule has 1 atom stereocenters. The molecular weight excluding hydrogens is 435 g/mol. The summed E-state index contributed by atoms with van der Waals surface area (Å²) < 4.78 is 37.1. The molecule has 1 N–H and O–H groups in total. The van der Waals surface area contributed by atoms with Crippen LogP contribution in [-0.2, 0) is 9.53 Å². The fourth-order valence-corrected chi connectivity index (χ4v) is 3.31. The average molecular weight is 466 g/mol. The van der Waals surface area contributed by atoms with E-state index in [0.29, 0.717) is 18.1 Å². The highest BCUT2D eigenvalue weighted by molar-refractivity contribution is 6.30. The second-order valence-electron chi connectivity index (χ2n) is 6.28. The van der Waals surface area contributed by atoms with Crippen LogP contribution in [0, 0.1) is 0 Å². The summed E-state index contributed by atoms with van der Waals surface area (Å²) in [5.41, 5.74) is 2.16. The fourth-order valence-electron chi connectivity index (χ4n) is 3.18. The Hall–Kier alpha value is -1.34. The minimum atomic E-state index is -2.76. The Labute approximate surface area is 195 Å². The molecule has 0 amide bonds. The Balaban J connectivity index is 0.00000272. The third-order valence-corrected chi connectivity index (χ3v) is 4.70. The van der Waals surface area contributed by atoms with Crippen LogP contribution in [0.25, 0.3) is 0 Å². The number of benzene rings is 2. The molecule has 2 aromatic carbocycles. The van der Waals surface area contributed by atoms with Gasteiger partial charge in [0.1, 0.15) is 6.61 Å². The molecule has 8 heteroatoms. The number of carboxylic acids is 1. The first kappa shape index (κ1) is 19.6. The lowest BCUT2D eigenvalue weighted by atomic mass is 9.96. The van der Waals surface area contributed by atoms with Gasteiger partial charge in [-0.25, -0.2) is 4.79 Å². The number of hydrogen-bond donors (Lipinski definition) is 1. The fraction of sp³-hybridized carbons (Fsp3) is 0.381. The minimum absolute atomic E-state index is 0. The van der Waals surface area contributed by atoms with Crippen LogP contribution in [0.2, 0.25) is 5.02 Å². The van der Waals surface area contributed by atoms with Crippen LogP contribution in [0.4, 0.5) is 0 Å². The zero-order valence-electron chi connectivity index (χ0n) is 19.7. The Morgan fingerprint density at radius 3 is 2.21 bits per heavy atom. The SMILES string of the molecule is Cl.Cl.[2H]C([2H])(OCC(=O)O)C([2H])([2H])N1CCN(C(c2ccccc2)c2ccc(Cl)cc2)CC1. The van der Waals surface area contributed by atoms with Crippen molar-refractivity contribution < 1.29 is 20.1 Å². The van der Waals surface area contributed by atoms with E-state index in [-0.39, 0.29) is 43.9 Å². The number of ether oxygens (including phenoxy) is 1. The van der Waals surface area contributed by atoms with Gasteiger partial charge in [0.25, 0.3) is 0 Å². The molecule has 1 saturated heterocycles. The monoisotopic (exact) mass is 464 g/mol. The molecule has 160 valence electrons. The third kappa shape index (κ3) is 7.78. The molecule has 2 aromatic rings. The minimum Gasteiger partial charge on any atom is -0.480 e. The Kier molecular flexibility index (Phi) is 8.83. The third-order valence-electron chi connectivity index (χ3n) is 4.45. The van der Waals surface area contributed by atoms with Gasteiger partial charge in [0.2, 0.25) is 0 Å². The van der Waals surface area contributed by atoms with E-state index in [1.807, 2.05) is 54.6 Å². The summed E-state index contributed by atoms with van der Waals surface area (Å²) in [5.74, 6) is -1.35. The lowest BCUT2D eigenvalue weighted by Crippen LogP contribution is -2.48. The Bertz CT molecular complexity index is 884. The van der Waals surface area contributed by atoms with Crippen molar-refractivity contribution in [2.45, 2.75) is 6.04 Å². The summed E-state index contributed by atoms with van der Waals surface area (Å²) in [6.07, 6.45) is 0. The van der Waals surface area contributed by atoms with Crippen molar-refractivity contribution in [3.63, 3.8) is 0 Å². The highest BCUT2D eigenvalue weighted by Gasteiger charge is 2.26. The van der Waals surface area contributed by atoms with E-state index in [1.165, 1.54) is 4.90 Å². The van der Waals surface area contributed by atoms with Crippen molar-refractivity contribution in [2.75, 3.05) is 45.8 Å². The van der Waals surface area contributed by atoms with Crippen molar-refractivity contribution in [1.29, 1.82) is 0 Å². The van der Waals surface area contributed by atoms with Crippen molar-refractivity contribution in [3.05, 3.63) is 70.7 Å². The first-order valence-electron chi connectivity index (χ1n) is 10.8. The van der Waals surface area contributed by atoms with Gasteiger partial charge in [0.05, 0.1) is 15.3 Å². The quantitative estimate of drug-likeness (QED) is 0.639. The van der Waals surface area contributed by atoms with Gasteiger partial charge >= 0.3 is 5.97 Å². The molecule has 1 aliphatic rings. The van der Waals surface area contributed by atoms with E-state index in [4.69, 9.17) is 26.9 Å². The molecule has 0 spiro atoms. The number of carbonyl (C=O) groups is 1. The molecule has 0 saturated carbocycles. The van der Waals surface area contributed by atoms with Crippen LogP contribution in [0.5, 0.6) is 0 Å². The van der Waals surface area contributed by atoms with Gasteiger partial charge in [0, 0.05) is 40.4 Å². The standard InChI is InChI=1S/C21H25ClN2O3.2ClH/c22-19-8-6-18(7-9-19)21(17-4-2-1-3-5-17)24-12-10-23(11-13-24)14-15-27-16-20(25)26;;/h1-9,21H,10-16H2,(H,25,26);2*1H/i14D2,15D2;;. The van der Waals surface area contributed by atoms with Crippen molar-refractivity contribution in [3.8, 4) is 0 Å². The first-order chi connectivity index (χ1) is 14.6. The van der Waals surface area contributed by atoms with Gasteiger partial charge in [-0.1, -0.05) is 54.1 Å². The zero-order chi connectivity index (χ0) is 22.6. The van der Waals surface area contributed by atoms with Gasteiger partial charge in [0.15, 0.2) is 0 Å². The summed E-state index contributed by atoms with van der Waals surface area (Å²) in [5, 5.41) is 9.39. The normalized spacial score (nSPS) is 18.8. The second-order valence-corrected chi connectivity index (χ2v) is 6.72. The van der Waals surface area contributed by atoms with E-state index in [1.54, 1.807) is 0 Å². The van der Waals surface area contributed by atoms with E-state index in [2.05, 4.69) is 4.90 Å². The van der Waals surface area contributed by atoms with Crippen molar-refractivity contribution in [1.82, 2.24) is 9.80 Å². The molecule has 0 bridgehead atoms. The Morgan fingerprint density at radius 1 is 1.03 bits per heavy atom. The highest BCUT2D eigenvalue weighted by Crippen LogP contribution is 2.30. The number of hydrogen-bond acceptors (Lipinski definition) is 4. The molecule has 1 unspecified atom stereocenters. The number of aliphatic carboxylic acids is 1. The number of piperazine rings is 1. The van der Waals surface area contributed by atoms with Gasteiger partial charge in [-0.3, -0.25) is 9.80 Å². The molecule has 3 rings (SSSR count). The van der Waals surface area contributed by atoms with E-state index < -0.39 is 25.6 Å². The van der Waals surface area contributed by atoms with Crippen LogP contribution < -0.4 is 0 Å². The highest BCUT2D eigenvalue weighted by atomic mass is 35.5. The molecule has 5 nitrogen and oxygen atoms in total. The number of carboxylic acid groups (broad SMARTS) is 1. The van der Waals surface area contributed by atoms with E-state index in [0.717, 1.165) is 11.1 Å². The predicted molar refractivity (Wildman–Crippen MR) is 121 cm³/mol. The average Bonchev–Trinajstić information content (AvgIpc) is 2.75. The number of nitrogens with zero attached hydrogens (tertiary/aromatic N) is 2. The van der Waals surface area contributed by atoms with Crippen LogP contribution in [0.1, 0.15) is 22.7 Å². The summed E-state index contributed by atoms with van der Waals surface area (Å²) in [7, 11) is 0. The lowest BCUT2D eigenvalue weighted by molar-refractivity contribution is -0.142. The summed E-state index contributed by atoms with van der Waals surface area (Å²) in [4.78, 5) is 14.3. The van der Waals surface area contributed by atoms with E-state index >= 15 is 0 Å². The molecule has 0 aliphatic carbocycles. The molecule has 29 heavy (non-hydrogen) atoms. The van der Waals surface area contributed by atoms with Gasteiger partial charge in [-0.05, 0) is 23.3 Å². The van der Waals surface area contributed by atoms with Crippen LogP contribution in [0.15, 0.2) is 54.6 Å². The second kappa shape index (κ2) is 13.1. The summed E-state index contributed by atoms with van der Waals surface area (Å²) >= 11 is 6.06. The number of halogens is 3. The molecular formula is C21H27Cl3N2O3. The van der Waals surface area contributed by atoms with Gasteiger partial charge < -0.3 is 9.84 Å². The molecule has 1 aliphatic heterocycles. The molecule has 0 radical (unpaired) electrons. The van der Waals surface area contributed by atoms with Gasteiger partial charge in [-0.15, -0.1) is 24.8 Å². The Morgan fingerprint density at radius 2 is 1.62 bits per heavy atom. The largest absolute Gasteiger partial charge is 0.480 e. The van der Waals surface area contributed by atoms with Crippen LogP contribution >= 0.6 is 36.4 Å². The maximum atomic E-state index is 10.7. The maximum Gasteiger partial charge on any atom is 0.329 e. The van der Waals surface area contributed by atoms with Crippen LogP contribution in [0.3, 0.4) is 0 Å².